The number of methoxy groups -OCH3 is 1. The third-order valence-electron chi connectivity index (χ3n) is 4.92. The van der Waals surface area contributed by atoms with Gasteiger partial charge in [-0.1, -0.05) is 48.5 Å². The van der Waals surface area contributed by atoms with Crippen LogP contribution in [0.15, 0.2) is 72.8 Å². The molecule has 0 N–H and O–H groups in total. The summed E-state index contributed by atoms with van der Waals surface area (Å²) in [6.45, 7) is 0.687. The van der Waals surface area contributed by atoms with Crippen molar-refractivity contribution in [3.8, 4) is 17.2 Å². The minimum absolute atomic E-state index is 0.0679. The van der Waals surface area contributed by atoms with Crippen molar-refractivity contribution in [3.63, 3.8) is 0 Å². The summed E-state index contributed by atoms with van der Waals surface area (Å²) in [5.74, 6) is 2.12. The van der Waals surface area contributed by atoms with Crippen molar-refractivity contribution in [1.29, 1.82) is 0 Å². The molecule has 4 rings (SSSR count). The zero-order chi connectivity index (χ0) is 20.9. The molecule has 0 saturated carbocycles. The molecule has 1 amide bonds. The van der Waals surface area contributed by atoms with Gasteiger partial charge in [-0.15, -0.1) is 0 Å². The van der Waals surface area contributed by atoms with Crippen LogP contribution in [0.5, 0.6) is 17.2 Å². The highest BCUT2D eigenvalue weighted by Crippen LogP contribution is 2.33. The monoisotopic (exact) mass is 401 g/mol. The molecular weight excluding hydrogens is 378 g/mol. The van der Waals surface area contributed by atoms with E-state index in [1.807, 2.05) is 78.9 Å². The van der Waals surface area contributed by atoms with Crippen LogP contribution in [0.4, 0.5) is 0 Å². The number of amides is 1. The van der Waals surface area contributed by atoms with E-state index in [1.54, 1.807) is 19.1 Å². The van der Waals surface area contributed by atoms with E-state index in [0.717, 1.165) is 28.2 Å². The second-order valence-electron chi connectivity index (χ2n) is 7.05. The maximum Gasteiger partial charge on any atom is 0.254 e. The summed E-state index contributed by atoms with van der Waals surface area (Å²) in [5.41, 5.74) is 3.36. The number of benzene rings is 3. The summed E-state index contributed by atoms with van der Waals surface area (Å²) in [4.78, 5) is 15.1. The lowest BCUT2D eigenvalue weighted by Gasteiger charge is -2.20. The molecule has 3 aromatic rings. The molecule has 0 spiro atoms. The SMILES string of the molecule is COc1cccc(C=C(C(=O)N(C)Cc2ccc3c(c2)OCO3)c2ccccc2)c1. The van der Waals surface area contributed by atoms with E-state index in [0.29, 0.717) is 17.9 Å². The van der Waals surface area contributed by atoms with Crippen LogP contribution in [-0.4, -0.2) is 31.8 Å². The fourth-order valence-electron chi connectivity index (χ4n) is 3.37. The van der Waals surface area contributed by atoms with Crippen LogP contribution in [0.25, 0.3) is 11.6 Å². The maximum absolute atomic E-state index is 13.4. The first-order chi connectivity index (χ1) is 14.6. The van der Waals surface area contributed by atoms with Crippen molar-refractivity contribution in [2.24, 2.45) is 0 Å². The van der Waals surface area contributed by atoms with E-state index in [1.165, 1.54) is 0 Å². The molecule has 0 aromatic heterocycles. The molecule has 1 aliphatic heterocycles. The summed E-state index contributed by atoms with van der Waals surface area (Å²) in [6, 6.07) is 23.1. The molecular formula is C25H23NO4. The van der Waals surface area contributed by atoms with Crippen LogP contribution in [0.1, 0.15) is 16.7 Å². The van der Waals surface area contributed by atoms with E-state index in [9.17, 15) is 4.79 Å². The molecule has 0 aliphatic carbocycles. The van der Waals surface area contributed by atoms with Gasteiger partial charge in [-0.25, -0.2) is 0 Å². The van der Waals surface area contributed by atoms with Crippen molar-refractivity contribution >= 4 is 17.6 Å². The van der Waals surface area contributed by atoms with Crippen molar-refractivity contribution in [2.75, 3.05) is 21.0 Å². The number of fused-ring (bicyclic) bond motifs is 1. The van der Waals surface area contributed by atoms with E-state index in [-0.39, 0.29) is 12.7 Å². The Balaban J connectivity index is 1.62. The maximum atomic E-state index is 13.4. The van der Waals surface area contributed by atoms with Crippen molar-refractivity contribution in [1.82, 2.24) is 4.90 Å². The summed E-state index contributed by atoms with van der Waals surface area (Å²) in [7, 11) is 3.43. The van der Waals surface area contributed by atoms with Crippen LogP contribution >= 0.6 is 0 Å². The van der Waals surface area contributed by atoms with E-state index >= 15 is 0 Å². The first kappa shape index (κ1) is 19.6. The highest BCUT2D eigenvalue weighted by molar-refractivity contribution is 6.24. The Morgan fingerprint density at radius 3 is 2.60 bits per heavy atom. The molecule has 152 valence electrons. The second-order valence-corrected chi connectivity index (χ2v) is 7.05. The first-order valence-corrected chi connectivity index (χ1v) is 9.69. The zero-order valence-corrected chi connectivity index (χ0v) is 17.0. The number of hydrogen-bond acceptors (Lipinski definition) is 4. The van der Waals surface area contributed by atoms with Gasteiger partial charge in [0.15, 0.2) is 11.5 Å². The van der Waals surface area contributed by atoms with Crippen molar-refractivity contribution in [2.45, 2.75) is 6.54 Å². The fourth-order valence-corrected chi connectivity index (χ4v) is 3.37. The molecule has 0 unspecified atom stereocenters. The molecule has 0 bridgehead atoms. The van der Waals surface area contributed by atoms with E-state index in [4.69, 9.17) is 14.2 Å². The van der Waals surface area contributed by atoms with E-state index in [2.05, 4.69) is 0 Å². The van der Waals surface area contributed by atoms with E-state index < -0.39 is 0 Å². The zero-order valence-electron chi connectivity index (χ0n) is 17.0. The molecule has 0 saturated heterocycles. The first-order valence-electron chi connectivity index (χ1n) is 9.69. The third-order valence-corrected chi connectivity index (χ3v) is 4.92. The lowest BCUT2D eigenvalue weighted by molar-refractivity contribution is -0.124. The molecule has 3 aromatic carbocycles. The largest absolute Gasteiger partial charge is 0.497 e. The Morgan fingerprint density at radius 1 is 1.00 bits per heavy atom. The molecule has 0 fully saturated rings. The van der Waals surface area contributed by atoms with Crippen LogP contribution < -0.4 is 14.2 Å². The lowest BCUT2D eigenvalue weighted by Crippen LogP contribution is -2.27. The molecule has 0 atom stereocenters. The standard InChI is InChI=1S/C25H23NO4/c1-26(16-19-11-12-23-24(15-19)30-17-29-23)25(27)22(20-8-4-3-5-9-20)14-18-7-6-10-21(13-18)28-2/h3-15H,16-17H2,1-2H3. The van der Waals surface area contributed by atoms with Gasteiger partial charge in [0.1, 0.15) is 5.75 Å². The molecule has 30 heavy (non-hydrogen) atoms. The number of hydrogen-bond donors (Lipinski definition) is 0. The predicted molar refractivity (Wildman–Crippen MR) is 116 cm³/mol. The van der Waals surface area contributed by atoms with Crippen LogP contribution in [0.2, 0.25) is 0 Å². The van der Waals surface area contributed by atoms with Gasteiger partial charge >= 0.3 is 0 Å². The number of rotatable bonds is 6. The Bertz CT molecular complexity index is 1080. The molecule has 0 radical (unpaired) electrons. The molecule has 5 heteroatoms. The Hall–Kier alpha value is -3.73. The van der Waals surface area contributed by atoms with Crippen molar-refractivity contribution in [3.05, 3.63) is 89.5 Å². The average molecular weight is 401 g/mol. The Kier molecular flexibility index (Phi) is 5.70. The quantitative estimate of drug-likeness (QED) is 0.447. The third kappa shape index (κ3) is 4.30. The number of ether oxygens (including phenoxy) is 3. The Labute approximate surface area is 176 Å². The normalized spacial score (nSPS) is 12.5. The number of carbonyl (C=O) groups excluding carboxylic acids is 1. The van der Waals surface area contributed by atoms with Gasteiger partial charge in [-0.05, 0) is 47.0 Å². The van der Waals surface area contributed by atoms with Gasteiger partial charge in [-0.3, -0.25) is 4.79 Å². The minimum Gasteiger partial charge on any atom is -0.497 e. The predicted octanol–water partition coefficient (Wildman–Crippen LogP) is 4.62. The van der Waals surface area contributed by atoms with Gasteiger partial charge in [0, 0.05) is 19.2 Å². The minimum atomic E-state index is -0.0679. The fraction of sp³-hybridized carbons (Fsp3) is 0.160. The van der Waals surface area contributed by atoms with Gasteiger partial charge in [0.2, 0.25) is 6.79 Å². The van der Waals surface area contributed by atoms with Gasteiger partial charge in [0.25, 0.3) is 5.91 Å². The number of nitrogens with zero attached hydrogens (tertiary/aromatic N) is 1. The van der Waals surface area contributed by atoms with Crippen LogP contribution in [0, 0.1) is 0 Å². The summed E-state index contributed by atoms with van der Waals surface area (Å²) in [5, 5.41) is 0. The summed E-state index contributed by atoms with van der Waals surface area (Å²) in [6.07, 6.45) is 1.90. The smallest absolute Gasteiger partial charge is 0.254 e. The molecule has 5 nitrogen and oxygen atoms in total. The van der Waals surface area contributed by atoms with Crippen LogP contribution in [0.3, 0.4) is 0 Å². The number of likely N-dealkylation sites (N-methyl/N-ethyl adjacent to an activating group) is 1. The van der Waals surface area contributed by atoms with Crippen LogP contribution in [-0.2, 0) is 11.3 Å². The highest BCUT2D eigenvalue weighted by Gasteiger charge is 2.19. The highest BCUT2D eigenvalue weighted by atomic mass is 16.7. The second kappa shape index (κ2) is 8.74. The summed E-state index contributed by atoms with van der Waals surface area (Å²) < 4.78 is 16.1. The average Bonchev–Trinajstić information content (AvgIpc) is 3.25. The molecule has 1 heterocycles. The molecule has 1 aliphatic rings. The topological polar surface area (TPSA) is 48.0 Å². The van der Waals surface area contributed by atoms with Gasteiger partial charge in [-0.2, -0.15) is 0 Å². The van der Waals surface area contributed by atoms with Gasteiger partial charge in [0.05, 0.1) is 7.11 Å². The summed E-state index contributed by atoms with van der Waals surface area (Å²) >= 11 is 0. The van der Waals surface area contributed by atoms with Crippen molar-refractivity contribution < 1.29 is 19.0 Å². The lowest BCUT2D eigenvalue weighted by atomic mass is 10.0. The Morgan fingerprint density at radius 2 is 1.80 bits per heavy atom. The van der Waals surface area contributed by atoms with Gasteiger partial charge < -0.3 is 19.1 Å². The number of carbonyl (C=O) groups is 1.